The Hall–Kier alpha value is -1.69. The first-order chi connectivity index (χ1) is 13.7. The topological polar surface area (TPSA) is 112 Å². The number of pyridine rings is 1. The number of carbonyl (C=O) groups is 2. The molecule has 3 amide bonds. The molecule has 0 unspecified atom stereocenters. The van der Waals surface area contributed by atoms with Crippen LogP contribution in [0.4, 0.5) is 4.79 Å². The number of amides is 3. The van der Waals surface area contributed by atoms with E-state index in [1.54, 1.807) is 6.07 Å². The summed E-state index contributed by atoms with van der Waals surface area (Å²) in [4.78, 5) is 29.8. The van der Waals surface area contributed by atoms with E-state index in [0.717, 1.165) is 18.2 Å². The van der Waals surface area contributed by atoms with Gasteiger partial charge in [0.1, 0.15) is 4.90 Å². The van der Waals surface area contributed by atoms with Gasteiger partial charge in [-0.25, -0.2) is 18.2 Å². The normalized spacial score (nSPS) is 16.0. The number of nitrogens with one attached hydrogen (secondary N) is 2. The molecule has 1 aromatic heterocycles. The SMILES string of the molecule is CC(C)CCNC(=O)NC(=O)CSc1ccc(S(=O)(=O)N2CCN(C)CC2)cn1. The Morgan fingerprint density at radius 1 is 1.21 bits per heavy atom. The molecule has 29 heavy (non-hydrogen) atoms. The fourth-order valence-electron chi connectivity index (χ4n) is 2.60. The minimum atomic E-state index is -3.56. The number of urea groups is 1. The summed E-state index contributed by atoms with van der Waals surface area (Å²) >= 11 is 1.14. The second kappa shape index (κ2) is 10.9. The fourth-order valence-corrected chi connectivity index (χ4v) is 4.61. The van der Waals surface area contributed by atoms with Gasteiger partial charge in [-0.15, -0.1) is 0 Å². The molecule has 1 fully saturated rings. The molecule has 2 N–H and O–H groups in total. The summed E-state index contributed by atoms with van der Waals surface area (Å²) in [6.07, 6.45) is 2.15. The number of likely N-dealkylation sites (N-methyl/N-ethyl adjacent to an activating group) is 1. The monoisotopic (exact) mass is 443 g/mol. The lowest BCUT2D eigenvalue weighted by Gasteiger charge is -2.31. The van der Waals surface area contributed by atoms with Crippen LogP contribution in [0.3, 0.4) is 0 Å². The smallest absolute Gasteiger partial charge is 0.321 e. The minimum absolute atomic E-state index is 0.00908. The van der Waals surface area contributed by atoms with Crippen LogP contribution >= 0.6 is 11.8 Å². The maximum absolute atomic E-state index is 12.7. The lowest BCUT2D eigenvalue weighted by atomic mass is 10.1. The van der Waals surface area contributed by atoms with E-state index in [0.29, 0.717) is 43.7 Å². The molecule has 0 aliphatic carbocycles. The van der Waals surface area contributed by atoms with Gasteiger partial charge in [0.05, 0.1) is 10.8 Å². The van der Waals surface area contributed by atoms with Crippen molar-refractivity contribution >= 4 is 33.7 Å². The Bertz CT molecular complexity index is 791. The number of aromatic nitrogens is 1. The number of sulfonamides is 1. The first kappa shape index (κ1) is 23.6. The first-order valence-electron chi connectivity index (χ1n) is 9.53. The summed E-state index contributed by atoms with van der Waals surface area (Å²) in [5.74, 6) is 0.0402. The van der Waals surface area contributed by atoms with Crippen molar-refractivity contribution in [2.45, 2.75) is 30.2 Å². The van der Waals surface area contributed by atoms with Crippen LogP contribution in [0.2, 0.25) is 0 Å². The van der Waals surface area contributed by atoms with Gasteiger partial charge >= 0.3 is 6.03 Å². The molecule has 1 aliphatic rings. The molecule has 1 saturated heterocycles. The fraction of sp³-hybridized carbons (Fsp3) is 0.611. The summed E-state index contributed by atoms with van der Waals surface area (Å²) < 4.78 is 26.8. The van der Waals surface area contributed by atoms with Crippen molar-refractivity contribution in [1.82, 2.24) is 24.8 Å². The summed E-state index contributed by atoms with van der Waals surface area (Å²) in [6, 6.07) is 2.56. The lowest BCUT2D eigenvalue weighted by molar-refractivity contribution is -0.117. The van der Waals surface area contributed by atoms with Crippen LogP contribution in [0.1, 0.15) is 20.3 Å². The average Bonchev–Trinajstić information content (AvgIpc) is 2.66. The van der Waals surface area contributed by atoms with Gasteiger partial charge < -0.3 is 10.2 Å². The molecule has 0 atom stereocenters. The molecule has 2 rings (SSSR count). The van der Waals surface area contributed by atoms with Crippen LogP contribution in [-0.4, -0.2) is 80.1 Å². The summed E-state index contributed by atoms with van der Waals surface area (Å²) in [6.45, 7) is 6.91. The van der Waals surface area contributed by atoms with Crippen molar-refractivity contribution in [2.75, 3.05) is 45.5 Å². The minimum Gasteiger partial charge on any atom is -0.338 e. The van der Waals surface area contributed by atoms with E-state index in [2.05, 4.69) is 34.4 Å². The summed E-state index contributed by atoms with van der Waals surface area (Å²) in [7, 11) is -1.60. The number of rotatable bonds is 8. The zero-order valence-corrected chi connectivity index (χ0v) is 18.7. The van der Waals surface area contributed by atoms with E-state index < -0.39 is 22.0 Å². The van der Waals surface area contributed by atoms with E-state index in [1.807, 2.05) is 7.05 Å². The van der Waals surface area contributed by atoms with Gasteiger partial charge in [-0.3, -0.25) is 10.1 Å². The molecule has 162 valence electrons. The zero-order valence-electron chi connectivity index (χ0n) is 17.1. The molecule has 0 aromatic carbocycles. The predicted molar refractivity (Wildman–Crippen MR) is 112 cm³/mol. The number of hydrogen-bond acceptors (Lipinski definition) is 7. The van der Waals surface area contributed by atoms with E-state index >= 15 is 0 Å². The third-order valence-electron chi connectivity index (χ3n) is 4.42. The highest BCUT2D eigenvalue weighted by atomic mass is 32.2. The Balaban J connectivity index is 1.81. The number of piperazine rings is 1. The number of imide groups is 1. The molecule has 2 heterocycles. The van der Waals surface area contributed by atoms with Crippen molar-refractivity contribution in [3.63, 3.8) is 0 Å². The maximum atomic E-state index is 12.7. The highest BCUT2D eigenvalue weighted by Gasteiger charge is 2.27. The maximum Gasteiger partial charge on any atom is 0.321 e. The van der Waals surface area contributed by atoms with Crippen LogP contribution in [0.25, 0.3) is 0 Å². The van der Waals surface area contributed by atoms with Crippen LogP contribution in [0.5, 0.6) is 0 Å². The van der Waals surface area contributed by atoms with Crippen molar-refractivity contribution in [3.05, 3.63) is 18.3 Å². The van der Waals surface area contributed by atoms with E-state index in [9.17, 15) is 18.0 Å². The highest BCUT2D eigenvalue weighted by molar-refractivity contribution is 7.99. The van der Waals surface area contributed by atoms with Crippen LogP contribution in [-0.2, 0) is 14.8 Å². The van der Waals surface area contributed by atoms with E-state index in [1.165, 1.54) is 16.6 Å². The zero-order chi connectivity index (χ0) is 21.4. The van der Waals surface area contributed by atoms with Gasteiger partial charge in [-0.1, -0.05) is 25.6 Å². The molecule has 9 nitrogen and oxygen atoms in total. The number of carbonyl (C=O) groups excluding carboxylic acids is 2. The van der Waals surface area contributed by atoms with Crippen LogP contribution in [0, 0.1) is 5.92 Å². The van der Waals surface area contributed by atoms with E-state index in [4.69, 9.17) is 0 Å². The molecular weight excluding hydrogens is 414 g/mol. The molecular formula is C18H29N5O4S2. The van der Waals surface area contributed by atoms with Crippen LogP contribution < -0.4 is 10.6 Å². The summed E-state index contributed by atoms with van der Waals surface area (Å²) in [5, 5.41) is 5.40. The van der Waals surface area contributed by atoms with Gasteiger partial charge in [0, 0.05) is 38.9 Å². The Morgan fingerprint density at radius 2 is 1.90 bits per heavy atom. The van der Waals surface area contributed by atoms with Crippen molar-refractivity contribution < 1.29 is 18.0 Å². The molecule has 11 heteroatoms. The molecule has 0 radical (unpaired) electrons. The van der Waals surface area contributed by atoms with Crippen molar-refractivity contribution in [3.8, 4) is 0 Å². The van der Waals surface area contributed by atoms with E-state index in [-0.39, 0.29) is 10.6 Å². The average molecular weight is 444 g/mol. The first-order valence-corrected chi connectivity index (χ1v) is 12.0. The Morgan fingerprint density at radius 3 is 2.48 bits per heavy atom. The van der Waals surface area contributed by atoms with Crippen molar-refractivity contribution in [2.24, 2.45) is 5.92 Å². The molecule has 0 spiro atoms. The largest absolute Gasteiger partial charge is 0.338 e. The molecule has 1 aromatic rings. The van der Waals surface area contributed by atoms with Crippen LogP contribution in [0.15, 0.2) is 28.3 Å². The van der Waals surface area contributed by atoms with Crippen molar-refractivity contribution in [1.29, 1.82) is 0 Å². The molecule has 0 bridgehead atoms. The summed E-state index contributed by atoms with van der Waals surface area (Å²) in [5.41, 5.74) is 0. The standard InChI is InChI=1S/C18H29N5O4S2/c1-14(2)6-7-19-18(25)21-16(24)13-28-17-5-4-15(12-20-17)29(26,27)23-10-8-22(3)9-11-23/h4-5,12,14H,6-11,13H2,1-3H3,(H2,19,21,24,25). The van der Waals surface area contributed by atoms with Gasteiger partial charge in [-0.05, 0) is 31.5 Å². The quantitative estimate of drug-likeness (QED) is 0.576. The molecule has 1 aliphatic heterocycles. The third-order valence-corrected chi connectivity index (χ3v) is 7.25. The Kier molecular flexibility index (Phi) is 8.87. The number of nitrogens with zero attached hydrogens (tertiary/aromatic N) is 3. The Labute approximate surface area is 176 Å². The highest BCUT2D eigenvalue weighted by Crippen LogP contribution is 2.20. The number of hydrogen-bond donors (Lipinski definition) is 2. The van der Waals surface area contributed by atoms with Gasteiger partial charge in [0.2, 0.25) is 15.9 Å². The predicted octanol–water partition coefficient (Wildman–Crippen LogP) is 0.982. The lowest BCUT2D eigenvalue weighted by Crippen LogP contribution is -2.47. The van der Waals surface area contributed by atoms with Gasteiger partial charge in [-0.2, -0.15) is 4.31 Å². The van der Waals surface area contributed by atoms with Gasteiger partial charge in [0.15, 0.2) is 0 Å². The third kappa shape index (κ3) is 7.57. The second-order valence-corrected chi connectivity index (χ2v) is 10.2. The second-order valence-electron chi connectivity index (χ2n) is 7.31. The molecule has 0 saturated carbocycles. The number of thioether (sulfide) groups is 1. The van der Waals surface area contributed by atoms with Gasteiger partial charge in [0.25, 0.3) is 0 Å².